The van der Waals surface area contributed by atoms with Crippen LogP contribution >= 0.6 is 24.0 Å². The molecule has 0 unspecified atom stereocenters. The summed E-state index contributed by atoms with van der Waals surface area (Å²) in [6.45, 7) is 4.38. The Labute approximate surface area is 171 Å². The summed E-state index contributed by atoms with van der Waals surface area (Å²) in [5.74, 6) is 1.10. The van der Waals surface area contributed by atoms with Gasteiger partial charge in [-0.1, -0.05) is 30.3 Å². The van der Waals surface area contributed by atoms with E-state index >= 15 is 0 Å². The molecule has 2 aromatic rings. The molecule has 0 atom stereocenters. The number of nitrogens with two attached hydrogens (primary N) is 1. The number of halogens is 1. The molecule has 0 saturated heterocycles. The summed E-state index contributed by atoms with van der Waals surface area (Å²) in [4.78, 5) is 15.7. The van der Waals surface area contributed by atoms with Crippen LogP contribution in [0, 0.1) is 0 Å². The number of nitrogens with one attached hydrogen (secondary N) is 2. The first kappa shape index (κ1) is 21.8. The van der Waals surface area contributed by atoms with Crippen LogP contribution in [0.2, 0.25) is 0 Å². The van der Waals surface area contributed by atoms with Crippen LogP contribution in [-0.2, 0) is 6.54 Å². The summed E-state index contributed by atoms with van der Waals surface area (Å²) >= 11 is 0. The third-order valence-electron chi connectivity index (χ3n) is 3.38. The van der Waals surface area contributed by atoms with Crippen molar-refractivity contribution in [2.24, 2.45) is 10.7 Å². The average Bonchev–Trinajstić information content (AvgIpc) is 2.64. The fourth-order valence-corrected chi connectivity index (χ4v) is 2.19. The van der Waals surface area contributed by atoms with Gasteiger partial charge in [0.05, 0.1) is 13.1 Å². The molecule has 4 N–H and O–H groups in total. The third kappa shape index (κ3) is 7.73. The predicted octanol–water partition coefficient (Wildman–Crippen LogP) is 2.54. The maximum atomic E-state index is 11.2. The van der Waals surface area contributed by atoms with Crippen LogP contribution in [0.25, 0.3) is 0 Å². The van der Waals surface area contributed by atoms with Gasteiger partial charge in [-0.3, -0.25) is 4.79 Å². The number of amides is 1. The van der Waals surface area contributed by atoms with E-state index in [1.165, 1.54) is 0 Å². The van der Waals surface area contributed by atoms with E-state index in [0.29, 0.717) is 31.2 Å². The van der Waals surface area contributed by atoms with Crippen LogP contribution in [0.1, 0.15) is 22.8 Å². The first-order chi connectivity index (χ1) is 12.2. The molecule has 0 saturated carbocycles. The molecule has 0 radical (unpaired) electrons. The van der Waals surface area contributed by atoms with E-state index in [0.717, 1.165) is 17.9 Å². The molecule has 140 valence electrons. The lowest BCUT2D eigenvalue weighted by Crippen LogP contribution is -2.39. The first-order valence-electron chi connectivity index (χ1n) is 8.28. The highest BCUT2D eigenvalue weighted by molar-refractivity contribution is 14.0. The standard InChI is InChI=1S/C19H24N4O2.HI/c1-2-21-19(22-11-12-25-17-9-4-3-5-10-17)23-14-15-7-6-8-16(13-15)18(20)24;/h3-10,13H,2,11-12,14H2,1H3,(H2,20,24)(H2,21,22,23);1H. The number of ether oxygens (including phenoxy) is 1. The van der Waals surface area contributed by atoms with Gasteiger partial charge in [-0.15, -0.1) is 24.0 Å². The van der Waals surface area contributed by atoms with Crippen LogP contribution in [0.4, 0.5) is 0 Å². The van der Waals surface area contributed by atoms with Crippen molar-refractivity contribution in [2.75, 3.05) is 19.7 Å². The van der Waals surface area contributed by atoms with Crippen LogP contribution < -0.4 is 21.1 Å². The molecule has 0 bridgehead atoms. The van der Waals surface area contributed by atoms with E-state index in [-0.39, 0.29) is 24.0 Å². The maximum absolute atomic E-state index is 11.2. The Morgan fingerprint density at radius 2 is 1.88 bits per heavy atom. The van der Waals surface area contributed by atoms with Gasteiger partial charge in [0.1, 0.15) is 12.4 Å². The van der Waals surface area contributed by atoms with E-state index in [1.807, 2.05) is 43.3 Å². The van der Waals surface area contributed by atoms with E-state index in [1.54, 1.807) is 18.2 Å². The lowest BCUT2D eigenvalue weighted by molar-refractivity contribution is 0.1000. The Hall–Kier alpha value is -2.29. The largest absolute Gasteiger partial charge is 0.492 e. The Morgan fingerprint density at radius 1 is 1.12 bits per heavy atom. The zero-order valence-electron chi connectivity index (χ0n) is 14.8. The van der Waals surface area contributed by atoms with Crippen molar-refractivity contribution in [2.45, 2.75) is 13.5 Å². The number of benzene rings is 2. The minimum Gasteiger partial charge on any atom is -0.492 e. The molecule has 2 rings (SSSR count). The Balaban J connectivity index is 0.00000338. The first-order valence-corrected chi connectivity index (χ1v) is 8.28. The number of para-hydroxylation sites is 1. The summed E-state index contributed by atoms with van der Waals surface area (Å²) in [5, 5.41) is 6.40. The van der Waals surface area contributed by atoms with Crippen molar-refractivity contribution < 1.29 is 9.53 Å². The van der Waals surface area contributed by atoms with Gasteiger partial charge < -0.3 is 21.1 Å². The normalized spacial score (nSPS) is 10.6. The second-order valence-corrected chi connectivity index (χ2v) is 5.35. The van der Waals surface area contributed by atoms with Crippen molar-refractivity contribution >= 4 is 35.8 Å². The number of aliphatic imine (C=N–C) groups is 1. The monoisotopic (exact) mass is 468 g/mol. The van der Waals surface area contributed by atoms with E-state index in [2.05, 4.69) is 15.6 Å². The molecule has 0 aliphatic carbocycles. The average molecular weight is 468 g/mol. The molecular formula is C19H25IN4O2. The highest BCUT2D eigenvalue weighted by atomic mass is 127. The smallest absolute Gasteiger partial charge is 0.248 e. The highest BCUT2D eigenvalue weighted by Gasteiger charge is 2.02. The van der Waals surface area contributed by atoms with Gasteiger partial charge >= 0.3 is 0 Å². The summed E-state index contributed by atoms with van der Waals surface area (Å²) in [5.41, 5.74) is 6.71. The minimum atomic E-state index is -0.436. The second-order valence-electron chi connectivity index (χ2n) is 5.35. The summed E-state index contributed by atoms with van der Waals surface area (Å²) in [6.07, 6.45) is 0. The number of nitrogens with zero attached hydrogens (tertiary/aromatic N) is 1. The van der Waals surface area contributed by atoms with Gasteiger partial charge in [0.25, 0.3) is 0 Å². The lowest BCUT2D eigenvalue weighted by Gasteiger charge is -2.12. The molecule has 6 nitrogen and oxygen atoms in total. The second kappa shape index (κ2) is 12.1. The van der Waals surface area contributed by atoms with Gasteiger partial charge in [-0.05, 0) is 36.8 Å². The molecule has 0 aliphatic heterocycles. The van der Waals surface area contributed by atoms with E-state index in [9.17, 15) is 4.79 Å². The van der Waals surface area contributed by atoms with Crippen molar-refractivity contribution in [3.63, 3.8) is 0 Å². The van der Waals surface area contributed by atoms with Gasteiger partial charge in [-0.25, -0.2) is 4.99 Å². The number of hydrogen-bond acceptors (Lipinski definition) is 3. The summed E-state index contributed by atoms with van der Waals surface area (Å²) in [6, 6.07) is 16.8. The molecular weight excluding hydrogens is 443 g/mol. The number of carbonyl (C=O) groups excluding carboxylic acids is 1. The van der Waals surface area contributed by atoms with E-state index in [4.69, 9.17) is 10.5 Å². The van der Waals surface area contributed by atoms with Crippen LogP contribution in [0.3, 0.4) is 0 Å². The topological polar surface area (TPSA) is 88.7 Å². The zero-order valence-corrected chi connectivity index (χ0v) is 17.1. The molecule has 0 heterocycles. The van der Waals surface area contributed by atoms with Crippen molar-refractivity contribution in [1.29, 1.82) is 0 Å². The van der Waals surface area contributed by atoms with Crippen molar-refractivity contribution in [3.05, 3.63) is 65.7 Å². The van der Waals surface area contributed by atoms with Gasteiger partial charge in [0.2, 0.25) is 5.91 Å². The number of hydrogen-bond donors (Lipinski definition) is 3. The number of rotatable bonds is 8. The Bertz CT molecular complexity index is 708. The maximum Gasteiger partial charge on any atom is 0.248 e. The highest BCUT2D eigenvalue weighted by Crippen LogP contribution is 2.07. The van der Waals surface area contributed by atoms with Crippen LogP contribution in [0.15, 0.2) is 59.6 Å². The molecule has 2 aromatic carbocycles. The summed E-state index contributed by atoms with van der Waals surface area (Å²) < 4.78 is 5.64. The molecule has 1 amide bonds. The van der Waals surface area contributed by atoms with E-state index < -0.39 is 5.91 Å². The molecule has 0 aromatic heterocycles. The minimum absolute atomic E-state index is 0. The van der Waals surface area contributed by atoms with Gasteiger partial charge in [0.15, 0.2) is 5.96 Å². The van der Waals surface area contributed by atoms with Crippen LogP contribution in [-0.4, -0.2) is 31.6 Å². The molecule has 0 fully saturated rings. The summed E-state index contributed by atoms with van der Waals surface area (Å²) in [7, 11) is 0. The van der Waals surface area contributed by atoms with Crippen molar-refractivity contribution in [3.8, 4) is 5.75 Å². The fourth-order valence-electron chi connectivity index (χ4n) is 2.19. The van der Waals surface area contributed by atoms with Crippen molar-refractivity contribution in [1.82, 2.24) is 10.6 Å². The number of guanidine groups is 1. The van der Waals surface area contributed by atoms with Crippen LogP contribution in [0.5, 0.6) is 5.75 Å². The third-order valence-corrected chi connectivity index (χ3v) is 3.38. The lowest BCUT2D eigenvalue weighted by atomic mass is 10.1. The molecule has 7 heteroatoms. The van der Waals surface area contributed by atoms with Gasteiger partial charge in [-0.2, -0.15) is 0 Å². The Morgan fingerprint density at radius 3 is 2.58 bits per heavy atom. The molecule has 0 spiro atoms. The number of primary amides is 1. The fraction of sp³-hybridized carbons (Fsp3) is 0.263. The SMILES string of the molecule is CCNC(=NCc1cccc(C(N)=O)c1)NCCOc1ccccc1.I. The van der Waals surface area contributed by atoms with Gasteiger partial charge in [0, 0.05) is 12.1 Å². The quantitative estimate of drug-likeness (QED) is 0.241. The molecule has 0 aliphatic rings. The number of carbonyl (C=O) groups is 1. The Kier molecular flexibility index (Phi) is 10.1. The zero-order chi connectivity index (χ0) is 17.9. The molecule has 26 heavy (non-hydrogen) atoms. The predicted molar refractivity (Wildman–Crippen MR) is 115 cm³/mol.